The van der Waals surface area contributed by atoms with E-state index in [0.717, 1.165) is 19.1 Å². The smallest absolute Gasteiger partial charge is 0.314 e. The number of Topliss-reactive ketones (excluding diaryl/α,β-unsaturated/α-hetero) is 1. The fourth-order valence-electron chi connectivity index (χ4n) is 3.15. The molecule has 1 heterocycles. The van der Waals surface area contributed by atoms with Crippen LogP contribution in [0.2, 0.25) is 0 Å². The topological polar surface area (TPSA) is 99.2 Å². The molecular weight excluding hydrogens is 330 g/mol. The lowest BCUT2D eigenvalue weighted by Crippen LogP contribution is -2.61. The zero-order chi connectivity index (χ0) is 18.8. The van der Waals surface area contributed by atoms with Gasteiger partial charge in [0.2, 0.25) is 17.4 Å². The van der Waals surface area contributed by atoms with E-state index in [0.29, 0.717) is 5.69 Å². The molecule has 0 bridgehead atoms. The first-order valence-corrected chi connectivity index (χ1v) is 7.49. The lowest BCUT2D eigenvalue weighted by Gasteiger charge is -2.39. The average Bonchev–Trinajstić information content (AvgIpc) is 2.88. The van der Waals surface area contributed by atoms with Gasteiger partial charge in [-0.05, 0) is 12.1 Å². The fourth-order valence-corrected chi connectivity index (χ4v) is 3.15. The molecule has 134 valence electrons. The van der Waals surface area contributed by atoms with Crippen molar-refractivity contribution in [2.24, 2.45) is 5.92 Å². The summed E-state index contributed by atoms with van der Waals surface area (Å²) in [6.45, 7) is 1.25. The van der Waals surface area contributed by atoms with Crippen molar-refractivity contribution in [2.75, 3.05) is 26.2 Å². The summed E-state index contributed by atoms with van der Waals surface area (Å²) in [5, 5.41) is 0. The molecule has 2 unspecified atom stereocenters. The van der Waals surface area contributed by atoms with Crippen molar-refractivity contribution in [1.82, 2.24) is 0 Å². The van der Waals surface area contributed by atoms with Crippen LogP contribution in [0, 0.1) is 5.92 Å². The van der Waals surface area contributed by atoms with Gasteiger partial charge >= 0.3 is 11.9 Å². The van der Waals surface area contributed by atoms with E-state index in [1.807, 2.05) is 0 Å². The number of anilines is 1. The summed E-state index contributed by atoms with van der Waals surface area (Å²) >= 11 is 0. The van der Waals surface area contributed by atoms with E-state index in [1.54, 1.807) is 18.2 Å². The first-order valence-electron chi connectivity index (χ1n) is 7.49. The number of benzene rings is 1. The SMILES string of the molecule is COC(=O)CC(C(=O)OC)C1(OC)C(=O)c2ccccc2N1C(C)=O. The van der Waals surface area contributed by atoms with Crippen molar-refractivity contribution in [1.29, 1.82) is 0 Å². The molecule has 25 heavy (non-hydrogen) atoms. The summed E-state index contributed by atoms with van der Waals surface area (Å²) in [5.41, 5.74) is -1.49. The van der Waals surface area contributed by atoms with Gasteiger partial charge in [0, 0.05) is 19.6 Å². The Kier molecular flexibility index (Phi) is 5.22. The molecule has 1 aromatic carbocycles. The lowest BCUT2D eigenvalue weighted by molar-refractivity contribution is -0.162. The number of ether oxygens (including phenoxy) is 3. The Bertz CT molecular complexity index is 729. The third-order valence-electron chi connectivity index (χ3n) is 4.23. The van der Waals surface area contributed by atoms with Crippen LogP contribution in [-0.2, 0) is 28.6 Å². The predicted molar refractivity (Wildman–Crippen MR) is 85.8 cm³/mol. The van der Waals surface area contributed by atoms with E-state index in [-0.39, 0.29) is 5.56 Å². The van der Waals surface area contributed by atoms with Gasteiger partial charge in [0.25, 0.3) is 0 Å². The van der Waals surface area contributed by atoms with Gasteiger partial charge in [-0.2, -0.15) is 0 Å². The van der Waals surface area contributed by atoms with Crippen LogP contribution in [0.1, 0.15) is 23.7 Å². The minimum absolute atomic E-state index is 0.221. The normalized spacial score (nSPS) is 20.0. The van der Waals surface area contributed by atoms with Gasteiger partial charge in [-0.3, -0.25) is 24.1 Å². The molecule has 1 amide bonds. The average molecular weight is 349 g/mol. The number of hydrogen-bond donors (Lipinski definition) is 0. The second-order valence-corrected chi connectivity index (χ2v) is 5.46. The Balaban J connectivity index is 2.69. The molecule has 0 saturated carbocycles. The Labute approximate surface area is 144 Å². The highest BCUT2D eigenvalue weighted by Gasteiger charge is 2.61. The number of fused-ring (bicyclic) bond motifs is 1. The number of methoxy groups -OCH3 is 3. The van der Waals surface area contributed by atoms with Gasteiger partial charge in [-0.15, -0.1) is 0 Å². The van der Waals surface area contributed by atoms with E-state index in [1.165, 1.54) is 20.1 Å². The summed E-state index contributed by atoms with van der Waals surface area (Å²) in [7, 11) is 3.48. The number of esters is 2. The van der Waals surface area contributed by atoms with Crippen LogP contribution in [0.25, 0.3) is 0 Å². The van der Waals surface area contributed by atoms with Gasteiger partial charge < -0.3 is 14.2 Å². The van der Waals surface area contributed by atoms with Gasteiger partial charge in [-0.25, -0.2) is 0 Å². The first-order chi connectivity index (χ1) is 11.8. The number of carbonyl (C=O) groups is 4. The zero-order valence-corrected chi connectivity index (χ0v) is 14.4. The van der Waals surface area contributed by atoms with Crippen molar-refractivity contribution in [2.45, 2.75) is 19.1 Å². The molecular formula is C17H19NO7. The number of carbonyl (C=O) groups excluding carboxylic acids is 4. The van der Waals surface area contributed by atoms with Gasteiger partial charge in [-0.1, -0.05) is 12.1 Å². The monoisotopic (exact) mass is 349 g/mol. The quantitative estimate of drug-likeness (QED) is 0.729. The summed E-state index contributed by atoms with van der Waals surface area (Å²) in [4.78, 5) is 50.7. The largest absolute Gasteiger partial charge is 0.469 e. The third-order valence-corrected chi connectivity index (χ3v) is 4.23. The van der Waals surface area contributed by atoms with Crippen molar-refractivity contribution < 1.29 is 33.4 Å². The highest BCUT2D eigenvalue weighted by atomic mass is 16.5. The molecule has 0 spiro atoms. The molecule has 0 radical (unpaired) electrons. The molecule has 0 N–H and O–H groups in total. The number of nitrogens with zero attached hydrogens (tertiary/aromatic N) is 1. The number of para-hydroxylation sites is 1. The molecule has 1 aromatic rings. The van der Waals surface area contributed by atoms with Crippen molar-refractivity contribution in [3.63, 3.8) is 0 Å². The maximum atomic E-state index is 13.1. The molecule has 1 aliphatic rings. The van der Waals surface area contributed by atoms with Crippen LogP contribution in [-0.4, -0.2) is 50.7 Å². The van der Waals surface area contributed by atoms with E-state index < -0.39 is 41.7 Å². The summed E-state index contributed by atoms with van der Waals surface area (Å²) < 4.78 is 14.8. The van der Waals surface area contributed by atoms with E-state index in [4.69, 9.17) is 9.47 Å². The van der Waals surface area contributed by atoms with Crippen molar-refractivity contribution in [3.8, 4) is 0 Å². The lowest BCUT2D eigenvalue weighted by atomic mass is 9.87. The standard InChI is InChI=1S/C17H19NO7/c1-10(19)18-13-8-6-5-7-11(13)15(21)17(18,25-4)12(16(22)24-3)9-14(20)23-2/h5-8,12H,9H2,1-4H3. The van der Waals surface area contributed by atoms with Gasteiger partial charge in [0.15, 0.2) is 0 Å². The maximum Gasteiger partial charge on any atom is 0.314 e. The Morgan fingerprint density at radius 1 is 1.12 bits per heavy atom. The van der Waals surface area contributed by atoms with Crippen LogP contribution in [0.5, 0.6) is 0 Å². The molecule has 0 fully saturated rings. The van der Waals surface area contributed by atoms with Gasteiger partial charge in [0.1, 0.15) is 5.92 Å². The molecule has 2 atom stereocenters. The molecule has 2 rings (SSSR count). The molecule has 0 saturated heterocycles. The van der Waals surface area contributed by atoms with E-state index in [2.05, 4.69) is 4.74 Å². The second kappa shape index (κ2) is 7.02. The summed E-state index contributed by atoms with van der Waals surface area (Å²) in [5.74, 6) is -4.10. The summed E-state index contributed by atoms with van der Waals surface area (Å²) in [6, 6.07) is 6.39. The number of amides is 1. The molecule has 8 heteroatoms. The Morgan fingerprint density at radius 3 is 2.28 bits per heavy atom. The van der Waals surface area contributed by atoms with E-state index in [9.17, 15) is 19.2 Å². The molecule has 8 nitrogen and oxygen atoms in total. The van der Waals surface area contributed by atoms with Gasteiger partial charge in [0.05, 0.1) is 26.3 Å². The second-order valence-electron chi connectivity index (χ2n) is 5.46. The summed E-state index contributed by atoms with van der Waals surface area (Å²) in [6.07, 6.45) is -0.486. The number of hydrogen-bond acceptors (Lipinski definition) is 7. The Hall–Kier alpha value is -2.74. The zero-order valence-electron chi connectivity index (χ0n) is 14.4. The first kappa shape index (κ1) is 18.6. The highest BCUT2D eigenvalue weighted by Crippen LogP contribution is 2.45. The molecule has 0 aliphatic carbocycles. The minimum Gasteiger partial charge on any atom is -0.469 e. The van der Waals surface area contributed by atoms with Crippen LogP contribution >= 0.6 is 0 Å². The molecule has 1 aliphatic heterocycles. The highest BCUT2D eigenvalue weighted by molar-refractivity contribution is 6.20. The van der Waals surface area contributed by atoms with E-state index >= 15 is 0 Å². The van der Waals surface area contributed by atoms with Crippen LogP contribution in [0.3, 0.4) is 0 Å². The third kappa shape index (κ3) is 2.78. The van der Waals surface area contributed by atoms with Crippen molar-refractivity contribution in [3.05, 3.63) is 29.8 Å². The number of ketones is 1. The predicted octanol–water partition coefficient (Wildman–Crippen LogP) is 0.931. The van der Waals surface area contributed by atoms with Crippen molar-refractivity contribution >= 4 is 29.3 Å². The minimum atomic E-state index is -2.02. The van der Waals surface area contributed by atoms with Crippen LogP contribution in [0.15, 0.2) is 24.3 Å². The molecule has 0 aromatic heterocycles. The maximum absolute atomic E-state index is 13.1. The fraction of sp³-hybridized carbons (Fsp3) is 0.412. The Morgan fingerprint density at radius 2 is 1.76 bits per heavy atom. The number of rotatable bonds is 5. The van der Waals surface area contributed by atoms with Crippen LogP contribution < -0.4 is 4.90 Å². The van der Waals surface area contributed by atoms with Crippen LogP contribution in [0.4, 0.5) is 5.69 Å².